The van der Waals surface area contributed by atoms with E-state index in [-0.39, 0.29) is 6.10 Å². The van der Waals surface area contributed by atoms with E-state index in [0.29, 0.717) is 35.7 Å². The van der Waals surface area contributed by atoms with E-state index >= 15 is 0 Å². The maximum absolute atomic E-state index is 5.91. The highest BCUT2D eigenvalue weighted by Gasteiger charge is 2.34. The first-order valence-corrected chi connectivity index (χ1v) is 8.30. The van der Waals surface area contributed by atoms with Gasteiger partial charge in [-0.15, -0.1) is 0 Å². The van der Waals surface area contributed by atoms with E-state index in [1.165, 1.54) is 0 Å². The van der Waals surface area contributed by atoms with E-state index in [9.17, 15) is 0 Å². The largest absolute Gasteiger partial charge is 0.368 e. The maximum Gasteiger partial charge on any atom is 0.256 e. The van der Waals surface area contributed by atoms with Crippen LogP contribution in [0.4, 0.5) is 0 Å². The van der Waals surface area contributed by atoms with Gasteiger partial charge in [0.05, 0.1) is 6.33 Å². The minimum atomic E-state index is -0.154. The molecule has 1 saturated heterocycles. The summed E-state index contributed by atoms with van der Waals surface area (Å²) < 4.78 is 13.3. The molecule has 6 nitrogen and oxygen atoms in total. The van der Waals surface area contributed by atoms with Crippen molar-refractivity contribution in [3.8, 4) is 0 Å². The molecule has 7 heteroatoms. The summed E-state index contributed by atoms with van der Waals surface area (Å²) in [5.74, 6) is 1.52. The molecule has 0 N–H and O–H groups in total. The molecule has 124 valence electrons. The smallest absolute Gasteiger partial charge is 0.256 e. The third-order valence-corrected chi connectivity index (χ3v) is 4.47. The van der Waals surface area contributed by atoms with Crippen LogP contribution >= 0.6 is 11.6 Å². The van der Waals surface area contributed by atoms with Crippen LogP contribution in [0.5, 0.6) is 0 Å². The first kappa shape index (κ1) is 15.4. The second-order valence-corrected chi connectivity index (χ2v) is 6.39. The number of hydrogen-bond acceptors (Lipinski definition) is 5. The van der Waals surface area contributed by atoms with Crippen LogP contribution in [0.25, 0.3) is 0 Å². The molecule has 2 atom stereocenters. The summed E-state index contributed by atoms with van der Waals surface area (Å²) in [4.78, 5) is 8.61. The van der Waals surface area contributed by atoms with Gasteiger partial charge in [0.2, 0.25) is 0 Å². The van der Waals surface area contributed by atoms with E-state index in [1.54, 1.807) is 6.20 Å². The highest BCUT2D eigenvalue weighted by Crippen LogP contribution is 2.34. The summed E-state index contributed by atoms with van der Waals surface area (Å²) >= 11 is 5.91. The third kappa shape index (κ3) is 3.34. The van der Waals surface area contributed by atoms with Gasteiger partial charge < -0.3 is 13.8 Å². The minimum Gasteiger partial charge on any atom is -0.368 e. The third-order valence-electron chi connectivity index (χ3n) is 4.22. The number of imidazole rings is 1. The quantitative estimate of drug-likeness (QED) is 0.710. The fourth-order valence-electron chi connectivity index (χ4n) is 3.00. The van der Waals surface area contributed by atoms with Gasteiger partial charge in [0, 0.05) is 42.9 Å². The van der Waals surface area contributed by atoms with Crippen molar-refractivity contribution in [1.29, 1.82) is 0 Å². The van der Waals surface area contributed by atoms with Crippen LogP contribution in [0.15, 0.2) is 47.5 Å². The van der Waals surface area contributed by atoms with Crippen molar-refractivity contribution in [3.63, 3.8) is 0 Å². The van der Waals surface area contributed by atoms with E-state index in [2.05, 4.69) is 19.7 Å². The van der Waals surface area contributed by atoms with Gasteiger partial charge in [0.25, 0.3) is 5.89 Å². The fourth-order valence-corrected chi connectivity index (χ4v) is 3.12. The van der Waals surface area contributed by atoms with E-state index in [1.807, 2.05) is 36.8 Å². The molecule has 1 aromatic carbocycles. The molecule has 3 aromatic rings. The van der Waals surface area contributed by atoms with Crippen molar-refractivity contribution in [3.05, 3.63) is 65.3 Å². The van der Waals surface area contributed by atoms with Gasteiger partial charge in [-0.1, -0.05) is 28.9 Å². The van der Waals surface area contributed by atoms with Gasteiger partial charge in [-0.05, 0) is 24.1 Å². The Kier molecular flexibility index (Phi) is 4.32. The first-order valence-electron chi connectivity index (χ1n) is 7.92. The molecule has 1 fully saturated rings. The lowest BCUT2D eigenvalue weighted by atomic mass is 10.0. The second-order valence-electron chi connectivity index (χ2n) is 5.95. The molecule has 0 aliphatic carbocycles. The monoisotopic (exact) mass is 344 g/mol. The zero-order valence-corrected chi connectivity index (χ0v) is 13.8. The Bertz CT molecular complexity index is 785. The SMILES string of the molecule is Clc1ccc(Cc2noc([C@H]3OCC[C@H]3Cn3ccnc3)n2)cc1. The summed E-state index contributed by atoms with van der Waals surface area (Å²) in [5.41, 5.74) is 1.09. The average molecular weight is 345 g/mol. The Morgan fingerprint density at radius 3 is 2.92 bits per heavy atom. The van der Waals surface area contributed by atoms with Crippen molar-refractivity contribution in [2.24, 2.45) is 5.92 Å². The van der Waals surface area contributed by atoms with Gasteiger partial charge >= 0.3 is 0 Å². The zero-order valence-electron chi connectivity index (χ0n) is 13.0. The number of ether oxygens (including phenoxy) is 1. The maximum atomic E-state index is 5.91. The normalized spacial score (nSPS) is 20.5. The van der Waals surface area contributed by atoms with Crippen molar-refractivity contribution >= 4 is 11.6 Å². The van der Waals surface area contributed by atoms with E-state index < -0.39 is 0 Å². The van der Waals surface area contributed by atoms with Gasteiger partial charge in [-0.2, -0.15) is 4.98 Å². The topological polar surface area (TPSA) is 66.0 Å². The van der Waals surface area contributed by atoms with Crippen LogP contribution in [0, 0.1) is 5.92 Å². The van der Waals surface area contributed by atoms with Crippen molar-refractivity contribution in [2.75, 3.05) is 6.61 Å². The Morgan fingerprint density at radius 1 is 1.25 bits per heavy atom. The summed E-state index contributed by atoms with van der Waals surface area (Å²) in [6.07, 6.45) is 6.97. The molecule has 1 aliphatic rings. The Morgan fingerprint density at radius 2 is 2.12 bits per heavy atom. The van der Waals surface area contributed by atoms with Gasteiger partial charge in [-0.3, -0.25) is 0 Å². The van der Waals surface area contributed by atoms with Gasteiger partial charge in [0.15, 0.2) is 5.82 Å². The van der Waals surface area contributed by atoms with Crippen molar-refractivity contribution in [1.82, 2.24) is 19.7 Å². The second kappa shape index (κ2) is 6.75. The lowest BCUT2D eigenvalue weighted by Crippen LogP contribution is -2.14. The highest BCUT2D eigenvalue weighted by molar-refractivity contribution is 6.30. The number of rotatable bonds is 5. The van der Waals surface area contributed by atoms with Gasteiger partial charge in [0.1, 0.15) is 6.10 Å². The van der Waals surface area contributed by atoms with Crippen LogP contribution in [-0.4, -0.2) is 26.3 Å². The number of halogens is 1. The fraction of sp³-hybridized carbons (Fsp3) is 0.353. The predicted molar refractivity (Wildman–Crippen MR) is 87.6 cm³/mol. The minimum absolute atomic E-state index is 0.154. The van der Waals surface area contributed by atoms with Crippen LogP contribution in [0.3, 0.4) is 0 Å². The summed E-state index contributed by atoms with van der Waals surface area (Å²) in [7, 11) is 0. The summed E-state index contributed by atoms with van der Waals surface area (Å²) in [5, 5.41) is 4.81. The Hall–Kier alpha value is -2.18. The van der Waals surface area contributed by atoms with Crippen molar-refractivity contribution in [2.45, 2.75) is 25.5 Å². The molecule has 0 amide bonds. The Balaban J connectivity index is 1.46. The van der Waals surface area contributed by atoms with Crippen LogP contribution in [0.1, 0.15) is 29.8 Å². The zero-order chi connectivity index (χ0) is 16.4. The molecular weight excluding hydrogens is 328 g/mol. The number of aromatic nitrogens is 4. The van der Waals surface area contributed by atoms with E-state index in [4.69, 9.17) is 20.9 Å². The lowest BCUT2D eigenvalue weighted by molar-refractivity contribution is 0.0587. The number of hydrogen-bond donors (Lipinski definition) is 0. The molecule has 2 aromatic heterocycles. The molecule has 4 rings (SSSR count). The molecule has 24 heavy (non-hydrogen) atoms. The Labute approximate surface area is 144 Å². The van der Waals surface area contributed by atoms with Gasteiger partial charge in [-0.25, -0.2) is 4.98 Å². The van der Waals surface area contributed by atoms with Crippen LogP contribution < -0.4 is 0 Å². The molecule has 0 bridgehead atoms. The predicted octanol–water partition coefficient (Wildman–Crippen LogP) is 3.29. The standard InChI is InChI=1S/C17H17ClN4O2/c18-14-3-1-12(2-4-14)9-15-20-17(24-21-15)16-13(5-8-23-16)10-22-7-6-19-11-22/h1-4,6-7,11,13,16H,5,8-10H2/t13-,16-/m0/s1. The lowest BCUT2D eigenvalue weighted by Gasteiger charge is -2.15. The molecule has 3 heterocycles. The van der Waals surface area contributed by atoms with Crippen LogP contribution in [-0.2, 0) is 17.7 Å². The van der Waals surface area contributed by atoms with E-state index in [0.717, 1.165) is 18.5 Å². The number of benzene rings is 1. The molecule has 0 saturated carbocycles. The molecular formula is C17H17ClN4O2. The number of nitrogens with zero attached hydrogens (tertiary/aromatic N) is 4. The molecule has 0 unspecified atom stereocenters. The molecule has 0 spiro atoms. The molecule has 1 aliphatic heterocycles. The molecule has 0 radical (unpaired) electrons. The average Bonchev–Trinajstić information content (AvgIpc) is 3.32. The first-order chi connectivity index (χ1) is 11.8. The summed E-state index contributed by atoms with van der Waals surface area (Å²) in [6, 6.07) is 7.65. The highest BCUT2D eigenvalue weighted by atomic mass is 35.5. The van der Waals surface area contributed by atoms with Crippen molar-refractivity contribution < 1.29 is 9.26 Å². The summed E-state index contributed by atoms with van der Waals surface area (Å²) in [6.45, 7) is 1.54. The van der Waals surface area contributed by atoms with Crippen LogP contribution in [0.2, 0.25) is 5.02 Å².